The van der Waals surface area contributed by atoms with Crippen molar-refractivity contribution in [3.63, 3.8) is 0 Å². The van der Waals surface area contributed by atoms with Crippen LogP contribution < -0.4 is 9.47 Å². The standard InChI is InChI=1S/C28H38N2O4/c1-21(2)19-23-20-34-26-14-8-6-12-24(26)28(32)29(3)17-9-10-18-30(23)27(31)16-15-22-11-5-7-13-25(22)33-4/h5-8,11-14,21,23H,9-10,15-20H2,1-4H3/t23-/m0/s1. The van der Waals surface area contributed by atoms with E-state index in [1.807, 2.05) is 60.5 Å². The van der Waals surface area contributed by atoms with E-state index in [0.717, 1.165) is 30.6 Å². The van der Waals surface area contributed by atoms with E-state index in [1.165, 1.54) is 0 Å². The third kappa shape index (κ3) is 6.75. The van der Waals surface area contributed by atoms with Crippen molar-refractivity contribution in [3.05, 3.63) is 59.7 Å². The van der Waals surface area contributed by atoms with E-state index in [-0.39, 0.29) is 17.9 Å². The number of hydrogen-bond acceptors (Lipinski definition) is 4. The second kappa shape index (κ2) is 12.4. The molecular weight excluding hydrogens is 428 g/mol. The van der Waals surface area contributed by atoms with Crippen LogP contribution in [0, 0.1) is 5.92 Å². The Morgan fingerprint density at radius 3 is 2.56 bits per heavy atom. The Hall–Kier alpha value is -3.02. The lowest BCUT2D eigenvalue weighted by Crippen LogP contribution is -2.45. The predicted molar refractivity (Wildman–Crippen MR) is 134 cm³/mol. The van der Waals surface area contributed by atoms with Gasteiger partial charge in [-0.2, -0.15) is 0 Å². The smallest absolute Gasteiger partial charge is 0.257 e. The monoisotopic (exact) mass is 466 g/mol. The van der Waals surface area contributed by atoms with Gasteiger partial charge in [0.2, 0.25) is 5.91 Å². The van der Waals surface area contributed by atoms with Crippen LogP contribution in [0.3, 0.4) is 0 Å². The lowest BCUT2D eigenvalue weighted by atomic mass is 10.0. The Morgan fingerprint density at radius 1 is 1.09 bits per heavy atom. The maximum Gasteiger partial charge on any atom is 0.257 e. The molecule has 0 unspecified atom stereocenters. The molecule has 34 heavy (non-hydrogen) atoms. The molecule has 2 aromatic rings. The summed E-state index contributed by atoms with van der Waals surface area (Å²) in [6.45, 7) is 6.01. The summed E-state index contributed by atoms with van der Waals surface area (Å²) in [5, 5.41) is 0. The van der Waals surface area contributed by atoms with E-state index < -0.39 is 0 Å². The van der Waals surface area contributed by atoms with Gasteiger partial charge in [0.1, 0.15) is 18.1 Å². The van der Waals surface area contributed by atoms with Gasteiger partial charge in [0.15, 0.2) is 0 Å². The van der Waals surface area contributed by atoms with Gasteiger partial charge >= 0.3 is 0 Å². The summed E-state index contributed by atoms with van der Waals surface area (Å²) in [5.41, 5.74) is 1.61. The van der Waals surface area contributed by atoms with Crippen molar-refractivity contribution in [2.24, 2.45) is 5.92 Å². The zero-order chi connectivity index (χ0) is 24.5. The van der Waals surface area contributed by atoms with Crippen LogP contribution in [0.15, 0.2) is 48.5 Å². The number of para-hydroxylation sites is 2. The Bertz CT molecular complexity index is 959. The number of carbonyl (C=O) groups is 2. The van der Waals surface area contributed by atoms with Crippen LogP contribution in [0.2, 0.25) is 0 Å². The number of amides is 2. The number of nitrogens with zero attached hydrogens (tertiary/aromatic N) is 2. The fourth-order valence-corrected chi connectivity index (χ4v) is 4.53. The molecule has 6 nitrogen and oxygen atoms in total. The SMILES string of the molecule is COc1ccccc1CCC(=O)N1CCCCN(C)C(=O)c2ccccc2OC[C@@H]1CC(C)C. The number of hydrogen-bond donors (Lipinski definition) is 0. The molecule has 0 aromatic heterocycles. The number of ether oxygens (including phenoxy) is 2. The maximum atomic E-state index is 13.5. The van der Waals surface area contributed by atoms with Gasteiger partial charge in [0, 0.05) is 26.6 Å². The first kappa shape index (κ1) is 25.6. The van der Waals surface area contributed by atoms with Crippen molar-refractivity contribution < 1.29 is 19.1 Å². The molecule has 6 heteroatoms. The first-order valence-corrected chi connectivity index (χ1v) is 12.3. The molecule has 0 saturated carbocycles. The molecule has 3 rings (SSSR count). The summed E-state index contributed by atoms with van der Waals surface area (Å²) in [6.07, 6.45) is 3.58. The van der Waals surface area contributed by atoms with Gasteiger partial charge in [-0.15, -0.1) is 0 Å². The Labute approximate surface area is 203 Å². The topological polar surface area (TPSA) is 59.1 Å². The molecule has 0 radical (unpaired) electrons. The van der Waals surface area contributed by atoms with Gasteiger partial charge in [0.05, 0.1) is 18.7 Å². The predicted octanol–water partition coefficient (Wildman–Crippen LogP) is 4.82. The van der Waals surface area contributed by atoms with Gasteiger partial charge in [0.25, 0.3) is 5.91 Å². The molecule has 0 fully saturated rings. The molecule has 0 N–H and O–H groups in total. The van der Waals surface area contributed by atoms with E-state index in [1.54, 1.807) is 12.0 Å². The van der Waals surface area contributed by atoms with E-state index in [9.17, 15) is 9.59 Å². The van der Waals surface area contributed by atoms with Crippen LogP contribution in [0.5, 0.6) is 11.5 Å². The molecule has 1 aliphatic heterocycles. The highest BCUT2D eigenvalue weighted by Crippen LogP contribution is 2.24. The second-order valence-electron chi connectivity index (χ2n) is 9.42. The molecule has 184 valence electrons. The number of fused-ring (bicyclic) bond motifs is 1. The average Bonchev–Trinajstić information content (AvgIpc) is 2.84. The van der Waals surface area contributed by atoms with Gasteiger partial charge in [-0.05, 0) is 55.4 Å². The zero-order valence-corrected chi connectivity index (χ0v) is 21.0. The lowest BCUT2D eigenvalue weighted by molar-refractivity contribution is -0.134. The van der Waals surface area contributed by atoms with E-state index in [0.29, 0.717) is 49.8 Å². The van der Waals surface area contributed by atoms with Crippen molar-refractivity contribution >= 4 is 11.8 Å². The Balaban J connectivity index is 1.82. The molecule has 1 aliphatic rings. The van der Waals surface area contributed by atoms with Crippen LogP contribution in [0.1, 0.15) is 55.5 Å². The minimum atomic E-state index is -0.0505. The summed E-state index contributed by atoms with van der Waals surface area (Å²) in [4.78, 5) is 30.2. The van der Waals surface area contributed by atoms with Crippen LogP contribution in [-0.4, -0.2) is 61.5 Å². The number of benzene rings is 2. The summed E-state index contributed by atoms with van der Waals surface area (Å²) in [6, 6.07) is 15.2. The van der Waals surface area contributed by atoms with E-state index in [2.05, 4.69) is 13.8 Å². The largest absolute Gasteiger partial charge is 0.496 e. The molecule has 2 aromatic carbocycles. The van der Waals surface area contributed by atoms with Crippen LogP contribution in [0.4, 0.5) is 0 Å². The Kier molecular flexibility index (Phi) is 9.37. The van der Waals surface area contributed by atoms with Crippen molar-refractivity contribution in [1.82, 2.24) is 9.80 Å². The molecule has 0 saturated heterocycles. The minimum Gasteiger partial charge on any atom is -0.496 e. The molecule has 0 spiro atoms. The first-order valence-electron chi connectivity index (χ1n) is 12.3. The van der Waals surface area contributed by atoms with Crippen LogP contribution in [-0.2, 0) is 11.2 Å². The number of methoxy groups -OCH3 is 1. The third-order valence-corrected chi connectivity index (χ3v) is 6.34. The molecule has 0 aliphatic carbocycles. The van der Waals surface area contributed by atoms with Crippen LogP contribution in [0.25, 0.3) is 0 Å². The third-order valence-electron chi connectivity index (χ3n) is 6.34. The van der Waals surface area contributed by atoms with Crippen molar-refractivity contribution in [2.75, 3.05) is 33.9 Å². The van der Waals surface area contributed by atoms with E-state index >= 15 is 0 Å². The van der Waals surface area contributed by atoms with Crippen molar-refractivity contribution in [1.29, 1.82) is 0 Å². The first-order chi connectivity index (χ1) is 16.4. The highest BCUT2D eigenvalue weighted by Gasteiger charge is 2.27. The van der Waals surface area contributed by atoms with Gasteiger partial charge in [-0.25, -0.2) is 0 Å². The summed E-state index contributed by atoms with van der Waals surface area (Å²) < 4.78 is 11.7. The number of carbonyl (C=O) groups excluding carboxylic acids is 2. The highest BCUT2D eigenvalue weighted by atomic mass is 16.5. The van der Waals surface area contributed by atoms with E-state index in [4.69, 9.17) is 9.47 Å². The molecular formula is C28H38N2O4. The van der Waals surface area contributed by atoms with Gasteiger partial charge < -0.3 is 19.3 Å². The lowest BCUT2D eigenvalue weighted by Gasteiger charge is -2.34. The Morgan fingerprint density at radius 2 is 1.79 bits per heavy atom. The number of aryl methyl sites for hydroxylation is 1. The van der Waals surface area contributed by atoms with Crippen LogP contribution >= 0.6 is 0 Å². The molecule has 2 amide bonds. The highest BCUT2D eigenvalue weighted by molar-refractivity contribution is 5.96. The zero-order valence-electron chi connectivity index (χ0n) is 21.0. The molecule has 1 heterocycles. The molecule has 1 atom stereocenters. The van der Waals surface area contributed by atoms with Gasteiger partial charge in [-0.1, -0.05) is 44.2 Å². The summed E-state index contributed by atoms with van der Waals surface area (Å²) in [7, 11) is 3.48. The fraction of sp³-hybridized carbons (Fsp3) is 0.500. The normalized spacial score (nSPS) is 17.4. The minimum absolute atomic E-state index is 0.0266. The average molecular weight is 467 g/mol. The second-order valence-corrected chi connectivity index (χ2v) is 9.42. The van der Waals surface area contributed by atoms with Gasteiger partial charge in [-0.3, -0.25) is 9.59 Å². The maximum absolute atomic E-state index is 13.5. The van der Waals surface area contributed by atoms with Crippen molar-refractivity contribution in [2.45, 2.75) is 52.0 Å². The summed E-state index contributed by atoms with van der Waals surface area (Å²) >= 11 is 0. The molecule has 0 bridgehead atoms. The number of rotatable bonds is 6. The summed E-state index contributed by atoms with van der Waals surface area (Å²) in [5.74, 6) is 1.91. The quantitative estimate of drug-likeness (QED) is 0.613. The fourth-order valence-electron chi connectivity index (χ4n) is 4.53. The van der Waals surface area contributed by atoms with Crippen molar-refractivity contribution in [3.8, 4) is 11.5 Å².